The molecule has 88 valence electrons. The van der Waals surface area contributed by atoms with Crippen LogP contribution in [-0.2, 0) is 4.79 Å². The van der Waals surface area contributed by atoms with Crippen LogP contribution in [0.5, 0.6) is 0 Å². The minimum atomic E-state index is 0.306. The van der Waals surface area contributed by atoms with Crippen molar-refractivity contribution >= 4 is 5.91 Å². The molecule has 1 unspecified atom stereocenters. The van der Waals surface area contributed by atoms with Gasteiger partial charge in [0, 0.05) is 25.0 Å². The first kappa shape index (κ1) is 12.5. The quantitative estimate of drug-likeness (QED) is 0.697. The molecule has 0 bridgehead atoms. The van der Waals surface area contributed by atoms with E-state index >= 15 is 0 Å². The lowest BCUT2D eigenvalue weighted by atomic mass is 10.2. The van der Waals surface area contributed by atoms with Crippen molar-refractivity contribution in [3.05, 3.63) is 0 Å². The van der Waals surface area contributed by atoms with E-state index in [-0.39, 0.29) is 0 Å². The molecule has 0 spiro atoms. The monoisotopic (exact) mass is 212 g/mol. The minimum Gasteiger partial charge on any atom is -0.340 e. The van der Waals surface area contributed by atoms with Gasteiger partial charge in [-0.05, 0) is 32.7 Å². The Hall–Kier alpha value is -0.570. The zero-order valence-electron chi connectivity index (χ0n) is 10.3. The van der Waals surface area contributed by atoms with Crippen molar-refractivity contribution < 1.29 is 4.79 Å². The molecule has 0 radical (unpaired) electrons. The summed E-state index contributed by atoms with van der Waals surface area (Å²) >= 11 is 0. The molecule has 3 heteroatoms. The van der Waals surface area contributed by atoms with Crippen molar-refractivity contribution in [3.63, 3.8) is 0 Å². The van der Waals surface area contributed by atoms with Crippen LogP contribution in [0.4, 0.5) is 0 Å². The third kappa shape index (κ3) is 4.20. The number of nitrogens with zero attached hydrogens (tertiary/aromatic N) is 1. The zero-order chi connectivity index (χ0) is 11.3. The number of nitrogens with one attached hydrogen (secondary N) is 1. The summed E-state index contributed by atoms with van der Waals surface area (Å²) < 4.78 is 0. The van der Waals surface area contributed by atoms with Crippen molar-refractivity contribution in [2.45, 2.75) is 58.5 Å². The van der Waals surface area contributed by atoms with E-state index < -0.39 is 0 Å². The van der Waals surface area contributed by atoms with Crippen LogP contribution in [0, 0.1) is 0 Å². The second kappa shape index (κ2) is 6.11. The number of rotatable bonds is 7. The first-order chi connectivity index (χ1) is 7.19. The Morgan fingerprint density at radius 1 is 1.47 bits per heavy atom. The lowest BCUT2D eigenvalue weighted by Crippen LogP contribution is -2.38. The van der Waals surface area contributed by atoms with Gasteiger partial charge >= 0.3 is 0 Å². The fourth-order valence-electron chi connectivity index (χ4n) is 1.94. The van der Waals surface area contributed by atoms with Gasteiger partial charge < -0.3 is 10.2 Å². The van der Waals surface area contributed by atoms with Crippen LogP contribution in [0.1, 0.15) is 46.5 Å². The van der Waals surface area contributed by atoms with E-state index in [1.54, 1.807) is 0 Å². The lowest BCUT2D eigenvalue weighted by Gasteiger charge is -2.23. The highest BCUT2D eigenvalue weighted by molar-refractivity contribution is 5.77. The number of hydrogen-bond donors (Lipinski definition) is 1. The average molecular weight is 212 g/mol. The van der Waals surface area contributed by atoms with Gasteiger partial charge in [0.05, 0.1) is 0 Å². The molecule has 1 N–H and O–H groups in total. The summed E-state index contributed by atoms with van der Waals surface area (Å²) in [6.07, 6.45) is 4.13. The van der Waals surface area contributed by atoms with Gasteiger partial charge in [-0.25, -0.2) is 0 Å². The van der Waals surface area contributed by atoms with Crippen LogP contribution in [0.3, 0.4) is 0 Å². The molecule has 1 amide bonds. The van der Waals surface area contributed by atoms with Gasteiger partial charge in [0.2, 0.25) is 5.91 Å². The number of carbonyl (C=O) groups excluding carboxylic acids is 1. The summed E-state index contributed by atoms with van der Waals surface area (Å²) in [5, 5.41) is 3.29. The third-order valence-corrected chi connectivity index (χ3v) is 2.81. The van der Waals surface area contributed by atoms with Crippen LogP contribution in [0.25, 0.3) is 0 Å². The predicted molar refractivity (Wildman–Crippen MR) is 62.8 cm³/mol. The van der Waals surface area contributed by atoms with Gasteiger partial charge in [0.1, 0.15) is 0 Å². The average Bonchev–Trinajstić information content (AvgIpc) is 2.97. The number of hydrogen-bond acceptors (Lipinski definition) is 2. The van der Waals surface area contributed by atoms with Gasteiger partial charge in [-0.15, -0.1) is 0 Å². The van der Waals surface area contributed by atoms with E-state index in [4.69, 9.17) is 0 Å². The van der Waals surface area contributed by atoms with E-state index in [2.05, 4.69) is 31.0 Å². The number of amides is 1. The molecule has 1 fully saturated rings. The van der Waals surface area contributed by atoms with Crippen molar-refractivity contribution in [1.29, 1.82) is 0 Å². The Morgan fingerprint density at radius 2 is 2.13 bits per heavy atom. The Labute approximate surface area is 93.2 Å². The van der Waals surface area contributed by atoms with Crippen LogP contribution in [0.2, 0.25) is 0 Å². The highest BCUT2D eigenvalue weighted by Gasteiger charge is 2.31. The van der Waals surface area contributed by atoms with Crippen LogP contribution in [-0.4, -0.2) is 36.0 Å². The molecule has 0 saturated heterocycles. The summed E-state index contributed by atoms with van der Waals surface area (Å²) in [6.45, 7) is 8.16. The molecule has 0 heterocycles. The second-order valence-electron chi connectivity index (χ2n) is 4.48. The molecular formula is C12H24N2O. The Bertz CT molecular complexity index is 202. The molecule has 15 heavy (non-hydrogen) atoms. The summed E-state index contributed by atoms with van der Waals surface area (Å²) in [5.41, 5.74) is 0. The standard InChI is InChI=1S/C12H24N2O/c1-4-8-14(11-6-7-11)12(15)9-10(3)13-5-2/h10-11,13H,4-9H2,1-3H3. The first-order valence-electron chi connectivity index (χ1n) is 6.21. The van der Waals surface area contributed by atoms with Crippen molar-refractivity contribution in [1.82, 2.24) is 10.2 Å². The molecule has 1 aliphatic rings. The molecule has 1 atom stereocenters. The fraction of sp³-hybridized carbons (Fsp3) is 0.917. The highest BCUT2D eigenvalue weighted by Crippen LogP contribution is 2.27. The van der Waals surface area contributed by atoms with Crippen LogP contribution >= 0.6 is 0 Å². The summed E-state index contributed by atoms with van der Waals surface area (Å²) in [6, 6.07) is 0.867. The van der Waals surface area contributed by atoms with Crippen molar-refractivity contribution in [3.8, 4) is 0 Å². The molecule has 0 aromatic rings. The Kier molecular flexibility index (Phi) is 5.09. The molecule has 1 rings (SSSR count). The molecule has 1 aliphatic carbocycles. The molecule has 1 saturated carbocycles. The van der Waals surface area contributed by atoms with E-state index in [9.17, 15) is 4.79 Å². The third-order valence-electron chi connectivity index (χ3n) is 2.81. The maximum atomic E-state index is 12.0. The summed E-state index contributed by atoms with van der Waals surface area (Å²) in [5.74, 6) is 0.327. The first-order valence-corrected chi connectivity index (χ1v) is 6.21. The van der Waals surface area contributed by atoms with E-state index in [1.165, 1.54) is 12.8 Å². The summed E-state index contributed by atoms with van der Waals surface area (Å²) in [4.78, 5) is 14.1. The topological polar surface area (TPSA) is 32.3 Å². The number of carbonyl (C=O) groups is 1. The zero-order valence-corrected chi connectivity index (χ0v) is 10.3. The largest absolute Gasteiger partial charge is 0.340 e. The van der Waals surface area contributed by atoms with Gasteiger partial charge in [0.15, 0.2) is 0 Å². The normalized spacial score (nSPS) is 17.5. The molecular weight excluding hydrogens is 188 g/mol. The van der Waals surface area contributed by atoms with Gasteiger partial charge in [-0.3, -0.25) is 4.79 Å². The molecule has 0 aliphatic heterocycles. The van der Waals surface area contributed by atoms with E-state index in [0.29, 0.717) is 24.4 Å². The molecule has 3 nitrogen and oxygen atoms in total. The maximum Gasteiger partial charge on any atom is 0.224 e. The van der Waals surface area contributed by atoms with Gasteiger partial charge in [0.25, 0.3) is 0 Å². The summed E-state index contributed by atoms with van der Waals surface area (Å²) in [7, 11) is 0. The Balaban J connectivity index is 2.34. The minimum absolute atomic E-state index is 0.306. The predicted octanol–water partition coefficient (Wildman–Crippen LogP) is 1.78. The van der Waals surface area contributed by atoms with Crippen LogP contribution < -0.4 is 5.32 Å². The van der Waals surface area contributed by atoms with Gasteiger partial charge in [-0.2, -0.15) is 0 Å². The maximum absolute atomic E-state index is 12.0. The SMILES string of the molecule is CCCN(C(=O)CC(C)NCC)C1CC1. The molecule has 0 aromatic heterocycles. The van der Waals surface area contributed by atoms with Gasteiger partial charge in [-0.1, -0.05) is 13.8 Å². The van der Waals surface area contributed by atoms with E-state index in [1.807, 2.05) is 0 Å². The van der Waals surface area contributed by atoms with E-state index in [0.717, 1.165) is 19.5 Å². The molecule has 0 aromatic carbocycles. The van der Waals surface area contributed by atoms with Crippen molar-refractivity contribution in [2.24, 2.45) is 0 Å². The lowest BCUT2D eigenvalue weighted by molar-refractivity contribution is -0.132. The van der Waals surface area contributed by atoms with Crippen molar-refractivity contribution in [2.75, 3.05) is 13.1 Å². The van der Waals surface area contributed by atoms with Crippen LogP contribution in [0.15, 0.2) is 0 Å². The highest BCUT2D eigenvalue weighted by atomic mass is 16.2. The second-order valence-corrected chi connectivity index (χ2v) is 4.48. The Morgan fingerprint density at radius 3 is 2.60 bits per heavy atom. The smallest absolute Gasteiger partial charge is 0.224 e. The fourth-order valence-corrected chi connectivity index (χ4v) is 1.94.